The average Bonchev–Trinajstić information content (AvgIpc) is 3.11. The normalized spacial score (nSPS) is 16.5. The van der Waals surface area contributed by atoms with Gasteiger partial charge in [0, 0.05) is 30.9 Å². The van der Waals surface area contributed by atoms with Crippen LogP contribution in [0.3, 0.4) is 0 Å². The van der Waals surface area contributed by atoms with Gasteiger partial charge < -0.3 is 30.5 Å². The van der Waals surface area contributed by atoms with Crippen LogP contribution in [0.2, 0.25) is 0 Å². The average molecular weight is 655 g/mol. The predicted molar refractivity (Wildman–Crippen MR) is 181 cm³/mol. The molecule has 1 aliphatic rings. The molecule has 0 radical (unpaired) electrons. The summed E-state index contributed by atoms with van der Waals surface area (Å²) in [4.78, 5) is 39.5. The molecule has 0 bridgehead atoms. The van der Waals surface area contributed by atoms with Crippen LogP contribution >= 0.6 is 0 Å². The number of benzene rings is 4. The van der Waals surface area contributed by atoms with E-state index in [0.29, 0.717) is 37.4 Å². The first-order chi connectivity index (χ1) is 23.3. The van der Waals surface area contributed by atoms with Crippen LogP contribution in [0.1, 0.15) is 29.0 Å². The van der Waals surface area contributed by atoms with E-state index in [2.05, 4.69) is 16.0 Å². The molecule has 0 aromatic heterocycles. The number of rotatable bonds is 12. The molecule has 250 valence electrons. The third kappa shape index (κ3) is 9.18. The minimum absolute atomic E-state index is 0.107. The Hall–Kier alpha value is -5.26. The molecule has 1 heterocycles. The third-order valence-corrected chi connectivity index (χ3v) is 8.29. The van der Waals surface area contributed by atoms with E-state index in [4.69, 9.17) is 9.47 Å². The minimum Gasteiger partial charge on any atom is -0.465 e. The second kappa shape index (κ2) is 16.5. The molecule has 4 aromatic rings. The van der Waals surface area contributed by atoms with Crippen LogP contribution in [0.4, 0.5) is 25.4 Å². The van der Waals surface area contributed by atoms with Crippen LogP contribution in [-0.4, -0.2) is 68.2 Å². The van der Waals surface area contributed by atoms with E-state index in [1.807, 2.05) is 78.9 Å². The van der Waals surface area contributed by atoms with Gasteiger partial charge in [-0.05, 0) is 59.9 Å². The number of nitrogens with zero attached hydrogens (tertiary/aromatic N) is 1. The molecule has 4 N–H and O–H groups in total. The smallest absolute Gasteiger partial charge is 0.414 e. The number of para-hydroxylation sites is 1. The van der Waals surface area contributed by atoms with Crippen molar-refractivity contribution in [2.24, 2.45) is 0 Å². The van der Waals surface area contributed by atoms with Crippen LogP contribution < -0.4 is 20.9 Å². The molecule has 0 aliphatic carbocycles. The fourth-order valence-electron chi connectivity index (χ4n) is 5.72. The van der Waals surface area contributed by atoms with Crippen molar-refractivity contribution in [1.82, 2.24) is 10.6 Å². The highest BCUT2D eigenvalue weighted by Crippen LogP contribution is 2.30. The maximum atomic E-state index is 13.9. The first-order valence-corrected chi connectivity index (χ1v) is 15.8. The molecule has 1 fully saturated rings. The largest absolute Gasteiger partial charge is 0.465 e. The molecule has 0 spiro atoms. The van der Waals surface area contributed by atoms with Crippen molar-refractivity contribution in [2.75, 3.05) is 37.0 Å². The van der Waals surface area contributed by atoms with Crippen LogP contribution in [-0.2, 0) is 20.7 Å². The summed E-state index contributed by atoms with van der Waals surface area (Å²) in [5.41, 5.74) is 3.62. The Bertz CT molecular complexity index is 1610. The lowest BCUT2D eigenvalue weighted by Crippen LogP contribution is -2.49. The Kier molecular flexibility index (Phi) is 11.7. The van der Waals surface area contributed by atoms with Gasteiger partial charge in [-0.15, -0.1) is 0 Å². The number of nitrogens with one attached hydrogen (secondary N) is 3. The number of aryl methyl sites for hydroxylation is 1. The van der Waals surface area contributed by atoms with E-state index in [-0.39, 0.29) is 24.6 Å². The first-order valence-electron chi connectivity index (χ1n) is 15.8. The number of halogens is 1. The molecule has 48 heavy (non-hydrogen) atoms. The number of carbonyl (C=O) groups excluding carboxylic acids is 2. The van der Waals surface area contributed by atoms with Crippen molar-refractivity contribution in [3.05, 3.63) is 132 Å². The van der Waals surface area contributed by atoms with Gasteiger partial charge in [0.25, 0.3) is 0 Å². The second-order valence-electron chi connectivity index (χ2n) is 11.6. The number of hydrogen-bond acceptors (Lipinski definition) is 6. The lowest BCUT2D eigenvalue weighted by atomic mass is 9.84. The maximum absolute atomic E-state index is 13.9. The number of carboxylic acid groups (broad SMARTS) is 1. The van der Waals surface area contributed by atoms with Crippen molar-refractivity contribution in [3.8, 4) is 0 Å². The van der Waals surface area contributed by atoms with Crippen LogP contribution in [0, 0.1) is 5.82 Å². The van der Waals surface area contributed by atoms with E-state index in [9.17, 15) is 23.9 Å². The van der Waals surface area contributed by atoms with E-state index in [1.54, 1.807) is 13.1 Å². The Morgan fingerprint density at radius 2 is 1.56 bits per heavy atom. The minimum atomic E-state index is -1.30. The summed E-state index contributed by atoms with van der Waals surface area (Å²) in [5, 5.41) is 18.6. The number of hydrogen-bond donors (Lipinski definition) is 4. The van der Waals surface area contributed by atoms with Crippen molar-refractivity contribution < 1.29 is 33.4 Å². The zero-order valence-electron chi connectivity index (χ0n) is 26.6. The molecule has 3 amide bonds. The van der Waals surface area contributed by atoms with Gasteiger partial charge in [0.05, 0.1) is 18.8 Å². The van der Waals surface area contributed by atoms with Gasteiger partial charge in [-0.3, -0.25) is 9.69 Å². The van der Waals surface area contributed by atoms with Crippen molar-refractivity contribution in [3.63, 3.8) is 0 Å². The molecule has 5 rings (SSSR count). The van der Waals surface area contributed by atoms with Crippen molar-refractivity contribution in [1.29, 1.82) is 0 Å². The molecule has 3 atom stereocenters. The molecule has 0 unspecified atom stereocenters. The van der Waals surface area contributed by atoms with Gasteiger partial charge in [-0.2, -0.15) is 0 Å². The Morgan fingerprint density at radius 3 is 2.17 bits per heavy atom. The van der Waals surface area contributed by atoms with E-state index in [0.717, 1.165) is 16.7 Å². The SMILES string of the molecule is CN(C(=O)OC[C@@H]1CO[C@H](CCc2ccccc2NC(=O)[C@@H](NC(=O)O)C(c2ccccc2)c2ccccc2)CN1)c1ccc(F)cc1. The summed E-state index contributed by atoms with van der Waals surface area (Å²) in [6.45, 7) is 1.01. The first kappa shape index (κ1) is 34.1. The molecular formula is C37H39FN4O6. The lowest BCUT2D eigenvalue weighted by Gasteiger charge is -2.31. The van der Waals surface area contributed by atoms with Gasteiger partial charge in [0.1, 0.15) is 18.5 Å². The topological polar surface area (TPSA) is 129 Å². The summed E-state index contributed by atoms with van der Waals surface area (Å²) < 4.78 is 24.7. The molecule has 1 saturated heterocycles. The lowest BCUT2D eigenvalue weighted by molar-refractivity contribution is -0.118. The number of amides is 3. The summed E-state index contributed by atoms with van der Waals surface area (Å²) in [6, 6.07) is 30.5. The van der Waals surface area contributed by atoms with Gasteiger partial charge >= 0.3 is 12.2 Å². The van der Waals surface area contributed by atoms with Crippen LogP contribution in [0.15, 0.2) is 109 Å². The molecular weight excluding hydrogens is 615 g/mol. The van der Waals surface area contributed by atoms with Gasteiger partial charge in [0.2, 0.25) is 5.91 Å². The monoisotopic (exact) mass is 654 g/mol. The maximum Gasteiger partial charge on any atom is 0.414 e. The van der Waals surface area contributed by atoms with E-state index >= 15 is 0 Å². The predicted octanol–water partition coefficient (Wildman–Crippen LogP) is 5.80. The molecule has 0 saturated carbocycles. The Balaban J connectivity index is 1.17. The molecule has 1 aliphatic heterocycles. The quantitative estimate of drug-likeness (QED) is 0.152. The van der Waals surface area contributed by atoms with Crippen molar-refractivity contribution >= 4 is 29.5 Å². The number of morpholine rings is 1. The van der Waals surface area contributed by atoms with Crippen LogP contribution in [0.25, 0.3) is 0 Å². The van der Waals surface area contributed by atoms with Crippen molar-refractivity contribution in [2.45, 2.75) is 36.9 Å². The summed E-state index contributed by atoms with van der Waals surface area (Å²) in [5.74, 6) is -1.42. The third-order valence-electron chi connectivity index (χ3n) is 8.29. The number of carbonyl (C=O) groups is 3. The van der Waals surface area contributed by atoms with Crippen LogP contribution in [0.5, 0.6) is 0 Å². The second-order valence-corrected chi connectivity index (χ2v) is 11.6. The summed E-state index contributed by atoms with van der Waals surface area (Å²) >= 11 is 0. The zero-order chi connectivity index (χ0) is 33.9. The Morgan fingerprint density at radius 1 is 0.938 bits per heavy atom. The fourth-order valence-corrected chi connectivity index (χ4v) is 5.72. The van der Waals surface area contributed by atoms with Gasteiger partial charge in [-0.1, -0.05) is 78.9 Å². The van der Waals surface area contributed by atoms with E-state index < -0.39 is 30.1 Å². The summed E-state index contributed by atoms with van der Waals surface area (Å²) in [7, 11) is 1.56. The number of ether oxygens (including phenoxy) is 2. The zero-order valence-corrected chi connectivity index (χ0v) is 26.6. The highest BCUT2D eigenvalue weighted by atomic mass is 19.1. The highest BCUT2D eigenvalue weighted by molar-refractivity contribution is 5.98. The standard InChI is InChI=1S/C37H39FN4O6/c1-42(30-19-17-28(38)18-20-30)37(46)48-24-29-23-47-31(22-39-29)21-16-25-10-8-9-15-32(25)40-35(43)34(41-36(44)45)33(26-11-4-2-5-12-26)27-13-6-3-7-14-27/h2-15,17-20,29,31,33-34,39,41H,16,21-24H2,1H3,(H,40,43)(H,44,45)/t29-,31+,34-/m0/s1. The van der Waals surface area contributed by atoms with E-state index in [1.165, 1.54) is 29.2 Å². The number of anilines is 2. The molecule has 11 heteroatoms. The highest BCUT2D eigenvalue weighted by Gasteiger charge is 2.33. The summed E-state index contributed by atoms with van der Waals surface area (Å²) in [6.07, 6.45) is -0.695. The molecule has 4 aromatic carbocycles. The van der Waals surface area contributed by atoms with Gasteiger partial charge in [-0.25, -0.2) is 14.0 Å². The fraction of sp³-hybridized carbons (Fsp3) is 0.270. The van der Waals surface area contributed by atoms with Gasteiger partial charge in [0.15, 0.2) is 0 Å². The molecule has 10 nitrogen and oxygen atoms in total. The Labute approximate surface area is 278 Å².